The number of carbonyl (C=O) groups excluding carboxylic acids is 3. The number of hydrazine groups is 1. The van der Waals surface area contributed by atoms with Crippen molar-refractivity contribution in [2.24, 2.45) is 25.0 Å². The highest BCUT2D eigenvalue weighted by atomic mass is 16.5. The monoisotopic (exact) mass is 1110 g/mol. The third-order valence-electron chi connectivity index (χ3n) is 13.4. The molecule has 10 aromatic rings. The first-order valence-electron chi connectivity index (χ1n) is 27.3. The van der Waals surface area contributed by atoms with Crippen molar-refractivity contribution < 1.29 is 33.3 Å². The predicted molar refractivity (Wildman–Crippen MR) is 331 cm³/mol. The summed E-state index contributed by atoms with van der Waals surface area (Å²) in [6.45, 7) is 10.1. The summed E-state index contributed by atoms with van der Waals surface area (Å²) in [6, 6.07) is 62.2. The minimum absolute atomic E-state index is 0.195. The van der Waals surface area contributed by atoms with E-state index in [4.69, 9.17) is 24.8 Å². The number of aromatic nitrogens is 2. The molecule has 15 nitrogen and oxygen atoms in total. The number of rotatable bonds is 19. The quantitative estimate of drug-likeness (QED) is 0.0174. The highest BCUT2D eigenvalue weighted by Gasteiger charge is 2.17. The SMILES string of the molecule is CC(C)c1cc(/C=N/NC(=O)Nc2ccc3c(ccn3C)c2)c(OCc2ccccc2)cc1OCc1ccccc1.CC(C)c1cc(C=O)c(OCc2ccccc2)cc1OCc1ccccc1.Cn1ccc2cc(NC(=O)NN)ccc21. The van der Waals surface area contributed by atoms with E-state index in [1.165, 1.54) is 0 Å². The summed E-state index contributed by atoms with van der Waals surface area (Å²) in [6.07, 6.45) is 6.40. The molecule has 10 rings (SSSR count). The van der Waals surface area contributed by atoms with Gasteiger partial charge in [0, 0.05) is 77.4 Å². The van der Waals surface area contributed by atoms with Gasteiger partial charge in [-0.25, -0.2) is 20.9 Å². The van der Waals surface area contributed by atoms with Crippen LogP contribution in [-0.4, -0.2) is 33.7 Å². The Kier molecular flexibility index (Phi) is 20.9. The topological polar surface area (TPSA) is 184 Å². The Balaban J connectivity index is 0.000000182. The number of nitrogens with zero attached hydrogens (tertiary/aromatic N) is 3. The normalized spacial score (nSPS) is 10.9. The summed E-state index contributed by atoms with van der Waals surface area (Å²) < 4.78 is 28.6. The standard InChI is InChI=1S/C34H34N4O3.C24H24O3.C10H12N4O/c1-24(2)30-19-28(21-35-37-34(39)36-29-14-15-31-27(18-29)16-17-38(31)3)32(40-22-25-10-6-4-7-11-25)20-33(30)41-23-26-12-8-5-9-13-26;1-18(2)22-13-21(15-25)23(26-16-19-9-5-3-6-10-19)14-24(22)27-17-20-11-7-4-8-12-20;1-14-5-4-7-6-8(2-3-9(7)14)12-10(15)13-11/h4-21,24H,22-23H2,1-3H3,(H2,36,37,39);3-15,18H,16-17H2,1-2H3;2-6H,11H2,1H3,(H2,12,13,15)/b35-21+;;. The van der Waals surface area contributed by atoms with Gasteiger partial charge in [-0.15, -0.1) is 0 Å². The van der Waals surface area contributed by atoms with Gasteiger partial charge in [-0.2, -0.15) is 5.10 Å². The fourth-order valence-corrected chi connectivity index (χ4v) is 8.93. The molecule has 2 heterocycles. The number of hydrogen-bond donors (Lipinski definition) is 5. The third-order valence-corrected chi connectivity index (χ3v) is 13.4. The molecule has 4 amide bonds. The van der Waals surface area contributed by atoms with E-state index in [-0.39, 0.29) is 11.8 Å². The van der Waals surface area contributed by atoms with E-state index in [0.29, 0.717) is 49.2 Å². The van der Waals surface area contributed by atoms with E-state index < -0.39 is 12.1 Å². The van der Waals surface area contributed by atoms with Gasteiger partial charge >= 0.3 is 12.1 Å². The summed E-state index contributed by atoms with van der Waals surface area (Å²) in [4.78, 5) is 35.1. The Morgan fingerprint density at radius 2 is 0.855 bits per heavy atom. The van der Waals surface area contributed by atoms with Crippen molar-refractivity contribution in [2.45, 2.75) is 66.0 Å². The van der Waals surface area contributed by atoms with Crippen molar-refractivity contribution >= 4 is 57.7 Å². The van der Waals surface area contributed by atoms with Crippen LogP contribution in [0.4, 0.5) is 21.0 Å². The van der Waals surface area contributed by atoms with Crippen LogP contribution in [0.3, 0.4) is 0 Å². The van der Waals surface area contributed by atoms with E-state index in [0.717, 1.165) is 84.2 Å². The predicted octanol–water partition coefficient (Wildman–Crippen LogP) is 14.6. The van der Waals surface area contributed by atoms with Crippen LogP contribution in [0.2, 0.25) is 0 Å². The molecular formula is C68H70N8O7. The lowest BCUT2D eigenvalue weighted by molar-refractivity contribution is 0.111. The number of anilines is 2. The smallest absolute Gasteiger partial charge is 0.339 e. The number of benzene rings is 8. The number of nitrogens with one attached hydrogen (secondary N) is 4. The molecule has 424 valence electrons. The lowest BCUT2D eigenvalue weighted by atomic mass is 9.99. The maximum atomic E-state index is 12.6. The van der Waals surface area contributed by atoms with Gasteiger partial charge in [0.2, 0.25) is 0 Å². The summed E-state index contributed by atoms with van der Waals surface area (Å²) in [7, 11) is 3.96. The van der Waals surface area contributed by atoms with Gasteiger partial charge in [-0.05, 0) is 106 Å². The Labute approximate surface area is 484 Å². The van der Waals surface area contributed by atoms with E-state index in [1.807, 2.05) is 235 Å². The van der Waals surface area contributed by atoms with Gasteiger partial charge in [0.25, 0.3) is 0 Å². The number of urea groups is 2. The number of aryl methyl sites for hydroxylation is 2. The maximum absolute atomic E-state index is 12.6. The second-order valence-corrected chi connectivity index (χ2v) is 20.2. The van der Waals surface area contributed by atoms with Crippen molar-refractivity contribution in [3.63, 3.8) is 0 Å². The molecule has 0 saturated carbocycles. The Morgan fingerprint density at radius 1 is 0.482 bits per heavy atom. The first kappa shape index (κ1) is 59.0. The number of nitrogens with two attached hydrogens (primary N) is 1. The van der Waals surface area contributed by atoms with Gasteiger partial charge in [-0.1, -0.05) is 149 Å². The molecule has 0 radical (unpaired) electrons. The number of carbonyl (C=O) groups is 3. The number of amides is 4. The Hall–Kier alpha value is -10.1. The molecular weight excluding hydrogens is 1040 g/mol. The van der Waals surface area contributed by atoms with Crippen LogP contribution in [-0.2, 0) is 40.5 Å². The van der Waals surface area contributed by atoms with Crippen LogP contribution < -0.4 is 46.3 Å². The summed E-state index contributed by atoms with van der Waals surface area (Å²) >= 11 is 0. The fraction of sp³-hybridized carbons (Fsp3) is 0.176. The molecule has 0 aliphatic carbocycles. The van der Waals surface area contributed by atoms with Gasteiger partial charge in [0.05, 0.1) is 11.8 Å². The number of fused-ring (bicyclic) bond motifs is 2. The van der Waals surface area contributed by atoms with Crippen LogP contribution in [0.25, 0.3) is 21.8 Å². The molecule has 0 unspecified atom stereocenters. The maximum Gasteiger partial charge on any atom is 0.339 e. The lowest BCUT2D eigenvalue weighted by Gasteiger charge is -2.18. The minimum atomic E-state index is -0.435. The van der Waals surface area contributed by atoms with E-state index >= 15 is 0 Å². The van der Waals surface area contributed by atoms with Crippen LogP contribution >= 0.6 is 0 Å². The molecule has 0 bridgehead atoms. The van der Waals surface area contributed by atoms with Gasteiger partial charge in [0.1, 0.15) is 49.4 Å². The largest absolute Gasteiger partial charge is 0.488 e. The molecule has 0 spiro atoms. The fourth-order valence-electron chi connectivity index (χ4n) is 8.93. The zero-order chi connectivity index (χ0) is 58.5. The average molecular weight is 1110 g/mol. The Morgan fingerprint density at radius 3 is 1.24 bits per heavy atom. The average Bonchev–Trinajstić information content (AvgIpc) is 4.30. The van der Waals surface area contributed by atoms with E-state index in [2.05, 4.69) is 48.9 Å². The zero-order valence-electron chi connectivity index (χ0n) is 47.5. The van der Waals surface area contributed by atoms with E-state index in [1.54, 1.807) is 6.21 Å². The van der Waals surface area contributed by atoms with Gasteiger partial charge < -0.3 is 38.7 Å². The van der Waals surface area contributed by atoms with Crippen molar-refractivity contribution in [1.29, 1.82) is 0 Å². The number of ether oxygens (including phenoxy) is 4. The second-order valence-electron chi connectivity index (χ2n) is 20.2. The third kappa shape index (κ3) is 17.0. The summed E-state index contributed by atoms with van der Waals surface area (Å²) in [5, 5.41) is 11.8. The molecule has 83 heavy (non-hydrogen) atoms. The molecule has 2 aromatic heterocycles. The molecule has 0 saturated heterocycles. The number of aldehydes is 1. The molecule has 6 N–H and O–H groups in total. The number of hydrazone groups is 1. The van der Waals surface area contributed by atoms with Crippen molar-refractivity contribution in [3.05, 3.63) is 251 Å². The first-order chi connectivity index (χ1) is 40.3. The minimum Gasteiger partial charge on any atom is -0.488 e. The molecule has 8 aromatic carbocycles. The number of hydrogen-bond acceptors (Lipinski definition) is 9. The highest BCUT2D eigenvalue weighted by Crippen LogP contribution is 2.36. The van der Waals surface area contributed by atoms with Crippen molar-refractivity contribution in [2.75, 3.05) is 10.6 Å². The molecule has 0 atom stereocenters. The summed E-state index contributed by atoms with van der Waals surface area (Å²) in [5.74, 6) is 8.06. The molecule has 15 heteroatoms. The Bertz CT molecular complexity index is 3750. The van der Waals surface area contributed by atoms with Crippen LogP contribution in [0, 0.1) is 0 Å². The van der Waals surface area contributed by atoms with E-state index in [9.17, 15) is 14.4 Å². The van der Waals surface area contributed by atoms with Gasteiger partial charge in [-0.3, -0.25) is 10.2 Å². The van der Waals surface area contributed by atoms with Crippen LogP contribution in [0.1, 0.15) is 88.8 Å². The van der Waals surface area contributed by atoms with Gasteiger partial charge in [0.15, 0.2) is 6.29 Å². The molecule has 0 aliphatic rings. The highest BCUT2D eigenvalue weighted by molar-refractivity contribution is 5.94. The molecule has 0 aliphatic heterocycles. The zero-order valence-corrected chi connectivity index (χ0v) is 47.5. The second kappa shape index (κ2) is 29.4. The van der Waals surface area contributed by atoms with Crippen molar-refractivity contribution in [1.82, 2.24) is 20.0 Å². The molecule has 0 fully saturated rings. The van der Waals surface area contributed by atoms with Crippen LogP contribution in [0.15, 0.2) is 212 Å². The lowest BCUT2D eigenvalue weighted by Crippen LogP contribution is -2.34. The van der Waals surface area contributed by atoms with Crippen LogP contribution in [0.5, 0.6) is 23.0 Å². The summed E-state index contributed by atoms with van der Waals surface area (Å²) in [5.41, 5.74) is 15.8. The van der Waals surface area contributed by atoms with Crippen molar-refractivity contribution in [3.8, 4) is 23.0 Å². The first-order valence-corrected chi connectivity index (χ1v) is 27.3.